The Labute approximate surface area is 175 Å². The first-order valence-corrected chi connectivity index (χ1v) is 11.3. The summed E-state index contributed by atoms with van der Waals surface area (Å²) in [4.78, 5) is 9.23. The topological polar surface area (TPSA) is 77.3 Å². The number of nitrogens with zero attached hydrogens (tertiary/aromatic N) is 4. The van der Waals surface area contributed by atoms with E-state index in [0.29, 0.717) is 37.7 Å². The third-order valence-corrected chi connectivity index (χ3v) is 7.66. The van der Waals surface area contributed by atoms with Crippen LogP contribution in [0.2, 0.25) is 5.02 Å². The summed E-state index contributed by atoms with van der Waals surface area (Å²) in [6, 6.07) is 6.75. The molecule has 7 nitrogen and oxygen atoms in total. The van der Waals surface area contributed by atoms with Gasteiger partial charge in [-0.3, -0.25) is 4.98 Å². The molecule has 0 spiro atoms. The highest BCUT2D eigenvalue weighted by Gasteiger charge is 2.35. The lowest BCUT2D eigenvalue weighted by atomic mass is 10.1. The van der Waals surface area contributed by atoms with Gasteiger partial charge >= 0.3 is 0 Å². The molecular weight excluding hydrogens is 412 g/mol. The predicted molar refractivity (Wildman–Crippen MR) is 112 cm³/mol. The molecule has 1 aliphatic rings. The van der Waals surface area contributed by atoms with Crippen LogP contribution in [0.25, 0.3) is 11.0 Å². The van der Waals surface area contributed by atoms with E-state index in [1.807, 2.05) is 13.0 Å². The van der Waals surface area contributed by atoms with E-state index in [2.05, 4.69) is 9.55 Å². The SMILES string of the molecule is COCCn1c(C2CCN(S(=O)(=O)c3ccc(C)c(Cl)c3)C2)nc2ccncc21. The van der Waals surface area contributed by atoms with E-state index >= 15 is 0 Å². The van der Waals surface area contributed by atoms with E-state index in [1.165, 1.54) is 10.4 Å². The molecule has 1 saturated heterocycles. The predicted octanol–water partition coefficient (Wildman–Crippen LogP) is 3.22. The maximum Gasteiger partial charge on any atom is 0.243 e. The first-order chi connectivity index (χ1) is 13.9. The minimum atomic E-state index is -3.60. The van der Waals surface area contributed by atoms with Crippen molar-refractivity contribution in [2.45, 2.75) is 30.7 Å². The summed E-state index contributed by atoms with van der Waals surface area (Å²) < 4.78 is 35.1. The van der Waals surface area contributed by atoms with Gasteiger partial charge < -0.3 is 9.30 Å². The Bertz CT molecular complexity index is 1150. The number of fused-ring (bicyclic) bond motifs is 1. The molecule has 0 N–H and O–H groups in total. The zero-order chi connectivity index (χ0) is 20.6. The van der Waals surface area contributed by atoms with Gasteiger partial charge in [-0.2, -0.15) is 4.31 Å². The molecule has 9 heteroatoms. The molecule has 4 rings (SSSR count). The first kappa shape index (κ1) is 20.3. The average molecular weight is 435 g/mol. The molecule has 3 aromatic rings. The maximum atomic E-state index is 13.1. The zero-order valence-corrected chi connectivity index (χ0v) is 17.9. The summed E-state index contributed by atoms with van der Waals surface area (Å²) in [6.07, 6.45) is 4.22. The van der Waals surface area contributed by atoms with Gasteiger partial charge in [0.2, 0.25) is 10.0 Å². The van der Waals surface area contributed by atoms with Crippen LogP contribution < -0.4 is 0 Å². The summed E-state index contributed by atoms with van der Waals surface area (Å²) in [5.41, 5.74) is 2.65. The Kier molecular flexibility index (Phi) is 5.61. The molecule has 1 aliphatic heterocycles. The second kappa shape index (κ2) is 8.02. The third-order valence-electron chi connectivity index (χ3n) is 5.40. The van der Waals surface area contributed by atoms with Gasteiger partial charge in [0.25, 0.3) is 0 Å². The normalized spacial score (nSPS) is 18.0. The Morgan fingerprint density at radius 1 is 1.31 bits per heavy atom. The molecule has 0 amide bonds. The fraction of sp³-hybridized carbons (Fsp3) is 0.400. The molecule has 29 heavy (non-hydrogen) atoms. The first-order valence-electron chi connectivity index (χ1n) is 9.47. The van der Waals surface area contributed by atoms with Crippen molar-refractivity contribution in [1.29, 1.82) is 0 Å². The number of imidazole rings is 1. The van der Waals surface area contributed by atoms with Crippen molar-refractivity contribution in [2.24, 2.45) is 0 Å². The lowest BCUT2D eigenvalue weighted by molar-refractivity contribution is 0.187. The van der Waals surface area contributed by atoms with E-state index in [-0.39, 0.29) is 10.8 Å². The Morgan fingerprint density at radius 2 is 2.14 bits per heavy atom. The number of benzene rings is 1. The van der Waals surface area contributed by atoms with Gasteiger partial charge in [0.05, 0.1) is 28.7 Å². The van der Waals surface area contributed by atoms with Crippen LogP contribution in [0.3, 0.4) is 0 Å². The van der Waals surface area contributed by atoms with Crippen LogP contribution in [0.1, 0.15) is 23.7 Å². The highest BCUT2D eigenvalue weighted by atomic mass is 35.5. The van der Waals surface area contributed by atoms with Crippen LogP contribution in [0.4, 0.5) is 0 Å². The van der Waals surface area contributed by atoms with Gasteiger partial charge in [0, 0.05) is 43.9 Å². The summed E-state index contributed by atoms with van der Waals surface area (Å²) in [5.74, 6) is 0.889. The molecular formula is C20H23ClN4O3S. The minimum Gasteiger partial charge on any atom is -0.383 e. The van der Waals surface area contributed by atoms with Gasteiger partial charge in [0.15, 0.2) is 0 Å². The van der Waals surface area contributed by atoms with Crippen molar-refractivity contribution in [3.63, 3.8) is 0 Å². The maximum absolute atomic E-state index is 13.1. The van der Waals surface area contributed by atoms with E-state index in [0.717, 1.165) is 22.4 Å². The highest BCUT2D eigenvalue weighted by molar-refractivity contribution is 7.89. The number of pyridine rings is 1. The number of aryl methyl sites for hydroxylation is 1. The number of sulfonamides is 1. The molecule has 1 unspecified atom stereocenters. The van der Waals surface area contributed by atoms with Crippen LogP contribution in [-0.4, -0.2) is 54.1 Å². The Hall–Kier alpha value is -2.00. The average Bonchev–Trinajstić information content (AvgIpc) is 3.33. The van der Waals surface area contributed by atoms with Gasteiger partial charge in [-0.1, -0.05) is 17.7 Å². The van der Waals surface area contributed by atoms with Crippen molar-refractivity contribution in [1.82, 2.24) is 18.8 Å². The van der Waals surface area contributed by atoms with Crippen LogP contribution in [0.15, 0.2) is 41.6 Å². The highest BCUT2D eigenvalue weighted by Crippen LogP contribution is 2.33. The number of methoxy groups -OCH3 is 1. The van der Waals surface area contributed by atoms with E-state index < -0.39 is 10.0 Å². The third kappa shape index (κ3) is 3.77. The smallest absolute Gasteiger partial charge is 0.243 e. The lowest BCUT2D eigenvalue weighted by Gasteiger charge is -2.18. The minimum absolute atomic E-state index is 0.00921. The van der Waals surface area contributed by atoms with Crippen molar-refractivity contribution in [3.05, 3.63) is 53.1 Å². The number of halogens is 1. The Balaban J connectivity index is 1.63. The second-order valence-electron chi connectivity index (χ2n) is 7.24. The fourth-order valence-corrected chi connectivity index (χ4v) is 5.53. The fourth-order valence-electron chi connectivity index (χ4n) is 3.76. The monoisotopic (exact) mass is 434 g/mol. The summed E-state index contributed by atoms with van der Waals surface area (Å²) in [5, 5.41) is 0.454. The summed E-state index contributed by atoms with van der Waals surface area (Å²) >= 11 is 6.15. The molecule has 1 fully saturated rings. The van der Waals surface area contributed by atoms with Gasteiger partial charge in [0.1, 0.15) is 5.82 Å². The standard InChI is InChI=1S/C20H23ClN4O3S/c1-14-3-4-16(11-17(14)21)29(26,27)24-8-6-15(13-24)20-23-18-5-7-22-12-19(18)25(20)9-10-28-2/h3-5,7,11-12,15H,6,8-10,13H2,1-2H3. The van der Waals surface area contributed by atoms with Crippen LogP contribution in [0.5, 0.6) is 0 Å². The lowest BCUT2D eigenvalue weighted by Crippen LogP contribution is -2.29. The van der Waals surface area contributed by atoms with Crippen LogP contribution in [-0.2, 0) is 21.3 Å². The quantitative estimate of drug-likeness (QED) is 0.595. The van der Waals surface area contributed by atoms with Crippen molar-refractivity contribution >= 4 is 32.7 Å². The molecule has 3 heterocycles. The van der Waals surface area contributed by atoms with Crippen molar-refractivity contribution in [2.75, 3.05) is 26.8 Å². The zero-order valence-electron chi connectivity index (χ0n) is 16.4. The molecule has 1 aromatic carbocycles. The van der Waals surface area contributed by atoms with E-state index in [9.17, 15) is 8.42 Å². The molecule has 1 atom stereocenters. The van der Waals surface area contributed by atoms with Gasteiger partial charge in [-0.15, -0.1) is 0 Å². The van der Waals surface area contributed by atoms with E-state index in [1.54, 1.807) is 31.6 Å². The number of ether oxygens (including phenoxy) is 1. The molecule has 0 radical (unpaired) electrons. The Morgan fingerprint density at radius 3 is 2.90 bits per heavy atom. The molecule has 0 aliphatic carbocycles. The molecule has 0 bridgehead atoms. The number of aromatic nitrogens is 3. The van der Waals surface area contributed by atoms with Crippen LogP contribution >= 0.6 is 11.6 Å². The molecule has 154 valence electrons. The summed E-state index contributed by atoms with van der Waals surface area (Å²) in [7, 11) is -1.94. The summed E-state index contributed by atoms with van der Waals surface area (Å²) in [6.45, 7) is 3.88. The number of rotatable bonds is 6. The number of hydrogen-bond acceptors (Lipinski definition) is 5. The van der Waals surface area contributed by atoms with Crippen LogP contribution in [0, 0.1) is 6.92 Å². The largest absolute Gasteiger partial charge is 0.383 e. The second-order valence-corrected chi connectivity index (χ2v) is 9.58. The van der Waals surface area contributed by atoms with E-state index in [4.69, 9.17) is 21.3 Å². The van der Waals surface area contributed by atoms with Gasteiger partial charge in [-0.05, 0) is 37.1 Å². The van der Waals surface area contributed by atoms with Crippen molar-refractivity contribution < 1.29 is 13.2 Å². The van der Waals surface area contributed by atoms with Gasteiger partial charge in [-0.25, -0.2) is 13.4 Å². The molecule has 0 saturated carbocycles. The number of hydrogen-bond donors (Lipinski definition) is 0. The molecule has 2 aromatic heterocycles. The van der Waals surface area contributed by atoms with Crippen molar-refractivity contribution in [3.8, 4) is 0 Å².